The molecule has 0 aliphatic heterocycles. The van der Waals surface area contributed by atoms with E-state index in [4.69, 9.17) is 0 Å². The second-order valence-electron chi connectivity index (χ2n) is 7.04. The topological polar surface area (TPSA) is 73.0 Å². The van der Waals surface area contributed by atoms with E-state index in [0.717, 1.165) is 16.7 Å². The predicted octanol–water partition coefficient (Wildman–Crippen LogP) is 2.67. The quantitative estimate of drug-likeness (QED) is 0.625. The van der Waals surface area contributed by atoms with Gasteiger partial charge < -0.3 is 0 Å². The first-order valence-electron chi connectivity index (χ1n) is 8.81. The zero-order valence-electron chi connectivity index (χ0n) is 16.1. The van der Waals surface area contributed by atoms with Crippen LogP contribution in [-0.4, -0.2) is 32.3 Å². The van der Waals surface area contributed by atoms with E-state index in [-0.39, 0.29) is 13.1 Å². The van der Waals surface area contributed by atoms with Crippen LogP contribution in [-0.2, 0) is 37.2 Å². The zero-order valence-corrected chi connectivity index (χ0v) is 16.9. The Morgan fingerprint density at radius 1 is 0.926 bits per heavy atom. The Bertz CT molecular complexity index is 961. The van der Waals surface area contributed by atoms with Crippen LogP contribution in [0.3, 0.4) is 0 Å². The van der Waals surface area contributed by atoms with Gasteiger partial charge in [0.05, 0.1) is 17.3 Å². The molecule has 0 saturated carbocycles. The lowest BCUT2D eigenvalue weighted by atomic mass is 10.0. The maximum Gasteiger partial charge on any atom is 0.243 e. The third kappa shape index (κ3) is 4.45. The van der Waals surface area contributed by atoms with E-state index in [1.165, 1.54) is 4.31 Å². The fraction of sp³-hybridized carbons (Fsp3) is 0.368. The van der Waals surface area contributed by atoms with Crippen LogP contribution < -0.4 is 0 Å². The smallest absolute Gasteiger partial charge is 0.243 e. The van der Waals surface area contributed by atoms with Crippen LogP contribution in [0, 0.1) is 0 Å². The molecule has 0 saturated heterocycles. The fourth-order valence-corrected chi connectivity index (χ4v) is 4.33. The number of aryl methyl sites for hydroxylation is 2. The second kappa shape index (κ2) is 7.66. The van der Waals surface area contributed by atoms with Crippen molar-refractivity contribution >= 4 is 10.0 Å². The van der Waals surface area contributed by atoms with Crippen molar-refractivity contribution in [1.29, 1.82) is 0 Å². The lowest BCUT2D eigenvalue weighted by Gasteiger charge is -2.21. The minimum absolute atomic E-state index is 0.247. The Balaban J connectivity index is 1.93. The molecule has 0 amide bonds. The Morgan fingerprint density at radius 2 is 1.41 bits per heavy atom. The van der Waals surface area contributed by atoms with Crippen LogP contribution >= 0.6 is 0 Å². The normalized spacial score (nSPS) is 12.2. The molecule has 3 rings (SSSR count). The number of aromatic nitrogens is 4. The van der Waals surface area contributed by atoms with Gasteiger partial charge in [-0.3, -0.25) is 9.36 Å². The zero-order chi connectivity index (χ0) is 19.6. The molecule has 3 aromatic rings. The molecule has 0 aliphatic rings. The summed E-state index contributed by atoms with van der Waals surface area (Å²) in [5.41, 5.74) is 2.78. The first-order chi connectivity index (χ1) is 12.8. The van der Waals surface area contributed by atoms with Crippen molar-refractivity contribution in [2.24, 2.45) is 14.1 Å². The summed E-state index contributed by atoms with van der Waals surface area (Å²) in [6, 6.07) is 7.13. The molecule has 7 nitrogen and oxygen atoms in total. The summed E-state index contributed by atoms with van der Waals surface area (Å²) in [6.07, 6.45) is 7.03. The Kier molecular flexibility index (Phi) is 5.48. The molecule has 8 heteroatoms. The summed E-state index contributed by atoms with van der Waals surface area (Å²) in [4.78, 5) is 0.291. The van der Waals surface area contributed by atoms with Crippen molar-refractivity contribution < 1.29 is 8.42 Å². The van der Waals surface area contributed by atoms with Crippen molar-refractivity contribution in [3.05, 3.63) is 65.7 Å². The van der Waals surface area contributed by atoms with E-state index in [9.17, 15) is 8.42 Å². The number of hydrogen-bond donors (Lipinski definition) is 0. The first kappa shape index (κ1) is 19.3. The van der Waals surface area contributed by atoms with Crippen LogP contribution in [0.4, 0.5) is 0 Å². The summed E-state index contributed by atoms with van der Waals surface area (Å²) in [7, 11) is -0.0350. The van der Waals surface area contributed by atoms with Gasteiger partial charge in [0, 0.05) is 50.7 Å². The number of hydrogen-bond acceptors (Lipinski definition) is 4. The number of sulfonamides is 1. The van der Waals surface area contributed by atoms with Gasteiger partial charge in [-0.2, -0.15) is 14.5 Å². The van der Waals surface area contributed by atoms with E-state index in [1.807, 2.05) is 38.6 Å². The Morgan fingerprint density at radius 3 is 1.78 bits per heavy atom. The maximum atomic E-state index is 13.3. The van der Waals surface area contributed by atoms with Gasteiger partial charge in [0.15, 0.2) is 0 Å². The third-order valence-electron chi connectivity index (χ3n) is 4.42. The van der Waals surface area contributed by atoms with Crippen molar-refractivity contribution in [2.75, 3.05) is 0 Å². The van der Waals surface area contributed by atoms with E-state index < -0.39 is 10.0 Å². The summed E-state index contributed by atoms with van der Waals surface area (Å²) in [6.45, 7) is 4.66. The lowest BCUT2D eigenvalue weighted by Crippen LogP contribution is -2.30. The molecule has 0 bridgehead atoms. The van der Waals surface area contributed by atoms with E-state index in [2.05, 4.69) is 24.0 Å². The average Bonchev–Trinajstić information content (AvgIpc) is 3.22. The molecular formula is C19H25N5O2S. The van der Waals surface area contributed by atoms with E-state index in [1.54, 1.807) is 33.9 Å². The SMILES string of the molecule is CC(C)c1ccc(S(=O)(=O)N(Cc2cnn(C)c2)Cc2cnn(C)c2)cc1. The highest BCUT2D eigenvalue weighted by atomic mass is 32.2. The summed E-state index contributed by atoms with van der Waals surface area (Å²) in [5.74, 6) is 0.351. The van der Waals surface area contributed by atoms with Gasteiger partial charge >= 0.3 is 0 Å². The predicted molar refractivity (Wildman–Crippen MR) is 103 cm³/mol. The van der Waals surface area contributed by atoms with Crippen molar-refractivity contribution in [2.45, 2.75) is 37.8 Å². The Hall–Kier alpha value is -2.45. The standard InChI is InChI=1S/C19H25N5O2S/c1-15(2)18-5-7-19(8-6-18)27(25,26)24(13-16-9-20-22(3)11-16)14-17-10-21-23(4)12-17/h5-12,15H,13-14H2,1-4H3. The first-order valence-corrected chi connectivity index (χ1v) is 10.2. The summed E-state index contributed by atoms with van der Waals surface area (Å²) < 4.78 is 31.4. The minimum Gasteiger partial charge on any atom is -0.275 e. The van der Waals surface area contributed by atoms with Gasteiger partial charge in [0.2, 0.25) is 10.0 Å². The Labute approximate surface area is 160 Å². The van der Waals surface area contributed by atoms with Gasteiger partial charge in [0.1, 0.15) is 0 Å². The third-order valence-corrected chi connectivity index (χ3v) is 6.23. The number of benzene rings is 1. The highest BCUT2D eigenvalue weighted by Crippen LogP contribution is 2.23. The molecule has 2 heterocycles. The molecule has 0 radical (unpaired) electrons. The van der Waals surface area contributed by atoms with Crippen molar-refractivity contribution in [3.8, 4) is 0 Å². The van der Waals surface area contributed by atoms with Gasteiger partial charge in [0.25, 0.3) is 0 Å². The molecule has 1 aromatic carbocycles. The van der Waals surface area contributed by atoms with Crippen molar-refractivity contribution in [1.82, 2.24) is 23.9 Å². The van der Waals surface area contributed by atoms with Gasteiger partial charge in [-0.05, 0) is 23.6 Å². The average molecular weight is 388 g/mol. The minimum atomic E-state index is -3.66. The molecule has 0 atom stereocenters. The van der Waals surface area contributed by atoms with E-state index in [0.29, 0.717) is 10.8 Å². The molecule has 27 heavy (non-hydrogen) atoms. The molecule has 0 aliphatic carbocycles. The number of nitrogens with zero attached hydrogens (tertiary/aromatic N) is 5. The molecule has 0 fully saturated rings. The number of rotatable bonds is 7. The molecular weight excluding hydrogens is 362 g/mol. The maximum absolute atomic E-state index is 13.3. The van der Waals surface area contributed by atoms with Crippen LogP contribution in [0.5, 0.6) is 0 Å². The molecule has 0 spiro atoms. The molecule has 0 N–H and O–H groups in total. The van der Waals surface area contributed by atoms with Gasteiger partial charge in [-0.25, -0.2) is 8.42 Å². The van der Waals surface area contributed by atoms with Crippen LogP contribution in [0.2, 0.25) is 0 Å². The lowest BCUT2D eigenvalue weighted by molar-refractivity contribution is 0.401. The fourth-order valence-electron chi connectivity index (χ4n) is 2.91. The van der Waals surface area contributed by atoms with Crippen molar-refractivity contribution in [3.63, 3.8) is 0 Å². The molecule has 2 aromatic heterocycles. The molecule has 144 valence electrons. The van der Waals surface area contributed by atoms with Crippen LogP contribution in [0.15, 0.2) is 53.9 Å². The van der Waals surface area contributed by atoms with Crippen LogP contribution in [0.25, 0.3) is 0 Å². The van der Waals surface area contributed by atoms with E-state index >= 15 is 0 Å². The highest BCUT2D eigenvalue weighted by Gasteiger charge is 2.26. The van der Waals surface area contributed by atoms with Gasteiger partial charge in [-0.15, -0.1) is 0 Å². The highest BCUT2D eigenvalue weighted by molar-refractivity contribution is 7.89. The largest absolute Gasteiger partial charge is 0.275 e. The molecule has 0 unspecified atom stereocenters. The monoisotopic (exact) mass is 387 g/mol. The summed E-state index contributed by atoms with van der Waals surface area (Å²) in [5, 5.41) is 8.29. The second-order valence-corrected chi connectivity index (χ2v) is 8.98. The van der Waals surface area contributed by atoms with Crippen LogP contribution in [0.1, 0.15) is 36.5 Å². The summed E-state index contributed by atoms with van der Waals surface area (Å²) >= 11 is 0. The van der Waals surface area contributed by atoms with Gasteiger partial charge in [-0.1, -0.05) is 26.0 Å².